The summed E-state index contributed by atoms with van der Waals surface area (Å²) in [5.41, 5.74) is 5.70. The molecule has 1 aliphatic carbocycles. The van der Waals surface area contributed by atoms with E-state index in [1.54, 1.807) is 6.92 Å². The number of hydrazone groups is 1. The average molecular weight is 255 g/mol. The predicted octanol–water partition coefficient (Wildman–Crippen LogP) is 2.27. The maximum atomic E-state index is 11.1. The van der Waals surface area contributed by atoms with Crippen LogP contribution in [0.25, 0.3) is 0 Å². The molecule has 5 heteroatoms. The third-order valence-corrected chi connectivity index (χ3v) is 3.42. The Morgan fingerprint density at radius 3 is 2.89 bits per heavy atom. The number of carbonyl (C=O) groups excluding carboxylic acids is 1. The van der Waals surface area contributed by atoms with Gasteiger partial charge < -0.3 is 4.74 Å². The zero-order valence-electron chi connectivity index (χ0n) is 10.5. The van der Waals surface area contributed by atoms with Crippen LogP contribution < -0.4 is 5.43 Å². The van der Waals surface area contributed by atoms with Gasteiger partial charge in [0.15, 0.2) is 0 Å². The van der Waals surface area contributed by atoms with Gasteiger partial charge in [-0.15, -0.1) is 0 Å². The van der Waals surface area contributed by atoms with E-state index >= 15 is 0 Å². The molecule has 1 aromatic carbocycles. The number of hydrogen-bond donors (Lipinski definition) is 1. The molecular formula is C14H13N3O2. The fraction of sp³-hybridized carbons (Fsp3) is 0.357. The summed E-state index contributed by atoms with van der Waals surface area (Å²) in [6, 6.07) is 7.88. The lowest BCUT2D eigenvalue weighted by molar-refractivity contribution is 0.127. The molecule has 5 nitrogen and oxygen atoms in total. The summed E-state index contributed by atoms with van der Waals surface area (Å²) >= 11 is 0. The topological polar surface area (TPSA) is 74.5 Å². The predicted molar refractivity (Wildman–Crippen MR) is 68.7 cm³/mol. The van der Waals surface area contributed by atoms with Crippen LogP contribution in [0.2, 0.25) is 0 Å². The summed E-state index contributed by atoms with van der Waals surface area (Å²) in [5.74, 6) is 0.490. The minimum absolute atomic E-state index is 0.381. The van der Waals surface area contributed by atoms with Gasteiger partial charge in [-0.2, -0.15) is 10.4 Å². The summed E-state index contributed by atoms with van der Waals surface area (Å²) in [5, 5.41) is 13.2. The number of amides is 1. The maximum Gasteiger partial charge on any atom is 0.428 e. The first-order valence-electron chi connectivity index (χ1n) is 6.27. The Morgan fingerprint density at radius 2 is 2.26 bits per heavy atom. The number of ether oxygens (including phenoxy) is 1. The smallest absolute Gasteiger partial charge is 0.428 e. The third kappa shape index (κ3) is 2.17. The van der Waals surface area contributed by atoms with Crippen molar-refractivity contribution in [3.63, 3.8) is 0 Å². The summed E-state index contributed by atoms with van der Waals surface area (Å²) in [6.45, 7) is 1.78. The molecule has 19 heavy (non-hydrogen) atoms. The minimum atomic E-state index is -0.535. The van der Waals surface area contributed by atoms with E-state index in [1.165, 1.54) is 0 Å². The van der Waals surface area contributed by atoms with Gasteiger partial charge in [0.05, 0.1) is 11.6 Å². The maximum absolute atomic E-state index is 11.1. The molecule has 1 saturated carbocycles. The highest BCUT2D eigenvalue weighted by Gasteiger charge is 2.28. The largest absolute Gasteiger partial charge is 0.439 e. The van der Waals surface area contributed by atoms with Gasteiger partial charge in [0.25, 0.3) is 0 Å². The lowest BCUT2D eigenvalue weighted by atomic mass is 9.97. The third-order valence-electron chi connectivity index (χ3n) is 3.42. The molecule has 1 aliphatic heterocycles. The highest BCUT2D eigenvalue weighted by atomic mass is 16.6. The highest BCUT2D eigenvalue weighted by molar-refractivity contribution is 6.06. The molecule has 3 rings (SSSR count). The van der Waals surface area contributed by atoms with Crippen molar-refractivity contribution in [1.82, 2.24) is 5.43 Å². The number of nitrogens with zero attached hydrogens (tertiary/aromatic N) is 2. The van der Waals surface area contributed by atoms with Crippen LogP contribution in [0, 0.1) is 11.3 Å². The van der Waals surface area contributed by atoms with Crippen molar-refractivity contribution in [2.75, 3.05) is 0 Å². The van der Waals surface area contributed by atoms with E-state index in [0.29, 0.717) is 11.6 Å². The molecule has 0 spiro atoms. The normalized spacial score (nSPS) is 22.0. The second-order valence-electron chi connectivity index (χ2n) is 4.84. The number of hydrogen-bond acceptors (Lipinski definition) is 4. The Hall–Kier alpha value is -2.35. The second kappa shape index (κ2) is 4.39. The number of cyclic esters (lactones) is 1. The van der Waals surface area contributed by atoms with Crippen LogP contribution in [0.4, 0.5) is 4.79 Å². The number of nitrogens with one attached hydrogen (secondary N) is 1. The van der Waals surface area contributed by atoms with Crippen molar-refractivity contribution in [3.05, 3.63) is 34.9 Å². The van der Waals surface area contributed by atoms with Crippen LogP contribution in [0.15, 0.2) is 23.3 Å². The first-order valence-corrected chi connectivity index (χ1v) is 6.27. The molecule has 1 fully saturated rings. The molecule has 1 N–H and O–H groups in total. The SMILES string of the molecule is C[C@@H]1OC(=O)NN=C1c1ccc(C#N)c(C2CC2)c1. The Balaban J connectivity index is 2.00. The molecule has 1 atom stereocenters. The number of nitriles is 1. The van der Waals surface area contributed by atoms with Gasteiger partial charge in [-0.1, -0.05) is 6.07 Å². The van der Waals surface area contributed by atoms with Gasteiger partial charge in [0, 0.05) is 5.56 Å². The molecule has 0 aromatic heterocycles. The van der Waals surface area contributed by atoms with Gasteiger partial charge in [0.2, 0.25) is 0 Å². The van der Waals surface area contributed by atoms with E-state index in [0.717, 1.165) is 29.5 Å². The quantitative estimate of drug-likeness (QED) is 0.880. The van der Waals surface area contributed by atoms with E-state index in [-0.39, 0.29) is 6.10 Å². The number of benzene rings is 1. The monoisotopic (exact) mass is 255 g/mol. The molecule has 2 aliphatic rings. The van der Waals surface area contributed by atoms with Crippen LogP contribution in [0.3, 0.4) is 0 Å². The van der Waals surface area contributed by atoms with Crippen molar-refractivity contribution in [2.45, 2.75) is 31.8 Å². The van der Waals surface area contributed by atoms with E-state index in [4.69, 9.17) is 10.00 Å². The van der Waals surface area contributed by atoms with Gasteiger partial charge in [0.1, 0.15) is 11.8 Å². The van der Waals surface area contributed by atoms with Crippen LogP contribution in [0.1, 0.15) is 42.4 Å². The molecule has 1 amide bonds. The lowest BCUT2D eigenvalue weighted by Gasteiger charge is -2.20. The zero-order valence-corrected chi connectivity index (χ0v) is 10.5. The molecule has 96 valence electrons. The van der Waals surface area contributed by atoms with Crippen molar-refractivity contribution >= 4 is 11.8 Å². The average Bonchev–Trinajstić information content (AvgIpc) is 3.22. The molecule has 1 heterocycles. The van der Waals surface area contributed by atoms with Gasteiger partial charge in [-0.3, -0.25) is 0 Å². The van der Waals surface area contributed by atoms with Crippen molar-refractivity contribution < 1.29 is 9.53 Å². The Kier molecular flexibility index (Phi) is 2.71. The van der Waals surface area contributed by atoms with Gasteiger partial charge in [-0.25, -0.2) is 10.2 Å². The highest BCUT2D eigenvalue weighted by Crippen LogP contribution is 2.42. The molecule has 0 saturated heterocycles. The van der Waals surface area contributed by atoms with Crippen molar-refractivity contribution in [1.29, 1.82) is 5.26 Å². The van der Waals surface area contributed by atoms with Crippen molar-refractivity contribution in [3.8, 4) is 6.07 Å². The van der Waals surface area contributed by atoms with Gasteiger partial charge in [-0.05, 0) is 43.4 Å². The Morgan fingerprint density at radius 1 is 1.47 bits per heavy atom. The minimum Gasteiger partial charge on any atom is -0.439 e. The molecule has 1 aromatic rings. The van der Waals surface area contributed by atoms with Crippen molar-refractivity contribution in [2.24, 2.45) is 5.10 Å². The fourth-order valence-electron chi connectivity index (χ4n) is 2.29. The van der Waals surface area contributed by atoms with E-state index in [1.807, 2.05) is 18.2 Å². The van der Waals surface area contributed by atoms with E-state index in [2.05, 4.69) is 16.6 Å². The first kappa shape index (κ1) is 11.7. The van der Waals surface area contributed by atoms with Crippen LogP contribution >= 0.6 is 0 Å². The summed E-state index contributed by atoms with van der Waals surface area (Å²) in [6.07, 6.45) is 1.35. The van der Waals surface area contributed by atoms with Gasteiger partial charge >= 0.3 is 6.09 Å². The van der Waals surface area contributed by atoms with Crippen LogP contribution in [0.5, 0.6) is 0 Å². The lowest BCUT2D eigenvalue weighted by Crippen LogP contribution is -2.37. The zero-order chi connectivity index (χ0) is 13.4. The number of rotatable bonds is 2. The summed E-state index contributed by atoms with van der Waals surface area (Å²) in [7, 11) is 0. The molecule has 0 bridgehead atoms. The molecule has 0 unspecified atom stereocenters. The molecular weight excluding hydrogens is 242 g/mol. The van der Waals surface area contributed by atoms with Crippen LogP contribution in [-0.2, 0) is 4.74 Å². The second-order valence-corrected chi connectivity index (χ2v) is 4.84. The fourth-order valence-corrected chi connectivity index (χ4v) is 2.29. The Labute approximate surface area is 110 Å². The Bertz CT molecular complexity index is 612. The first-order chi connectivity index (χ1) is 9.19. The van der Waals surface area contributed by atoms with Crippen LogP contribution in [-0.4, -0.2) is 17.9 Å². The van der Waals surface area contributed by atoms with E-state index in [9.17, 15) is 4.79 Å². The molecule has 0 radical (unpaired) electrons. The number of carbonyl (C=O) groups is 1. The summed E-state index contributed by atoms with van der Waals surface area (Å²) < 4.78 is 5.08. The standard InChI is InChI=1S/C14H13N3O2/c1-8-13(16-17-14(18)19-8)10-4-5-11(7-15)12(6-10)9-2-3-9/h4-6,8-9H,2-3H2,1H3,(H,17,18)/t8-/m0/s1. The summed E-state index contributed by atoms with van der Waals surface area (Å²) in [4.78, 5) is 11.1. The van der Waals surface area contributed by atoms with E-state index < -0.39 is 6.09 Å².